The van der Waals surface area contributed by atoms with Crippen LogP contribution in [0.4, 0.5) is 0 Å². The molecule has 0 aliphatic rings. The molecule has 0 saturated carbocycles. The molecule has 1 radical (unpaired) electrons. The molecule has 0 unspecified atom stereocenters. The number of carbonyl (C=O) groups excluding carboxylic acids is 1. The Bertz CT molecular complexity index is 13.5. The number of rotatable bonds is 0. The molecule has 0 atom stereocenters. The average Bonchev–Trinajstić information content (AvgIpc) is 0.918. The van der Waals surface area contributed by atoms with Crippen molar-refractivity contribution in [2.24, 2.45) is 0 Å². The number of aldehydes is 1. The van der Waals surface area contributed by atoms with Crippen molar-refractivity contribution in [2.75, 3.05) is 0 Å². The Morgan fingerprint density at radius 1 is 1.75 bits per heavy atom. The molecule has 0 aromatic carbocycles. The Morgan fingerprint density at radius 3 is 1.75 bits per heavy atom. The zero-order valence-corrected chi connectivity index (χ0v) is 3.54. The predicted octanol–water partition coefficient (Wildman–Crippen LogP) is 0.0169. The van der Waals surface area contributed by atoms with E-state index in [2.05, 4.69) is 6.92 Å². The summed E-state index contributed by atoms with van der Waals surface area (Å²) >= 11 is 0. The Labute approximate surface area is 37.3 Å². The van der Waals surface area contributed by atoms with Crippen molar-refractivity contribution < 1.29 is 23.4 Å². The molecule has 2 heteroatoms. The van der Waals surface area contributed by atoms with E-state index in [0.29, 0.717) is 6.29 Å². The molecule has 0 heterocycles. The molecule has 0 saturated heterocycles. The summed E-state index contributed by atoms with van der Waals surface area (Å²) < 4.78 is 0. The number of hydrogen-bond acceptors (Lipinski definition) is 1. The topological polar surface area (TPSA) is 17.1 Å². The monoisotopic (exact) mass is 94.0 g/mol. The van der Waals surface area contributed by atoms with Crippen LogP contribution in [0.5, 0.6) is 0 Å². The SMILES string of the molecule is [CH2+]C=O.[V]. The molecule has 0 amide bonds. The van der Waals surface area contributed by atoms with E-state index in [4.69, 9.17) is 4.79 Å². The van der Waals surface area contributed by atoms with E-state index in [1.165, 1.54) is 0 Å². The van der Waals surface area contributed by atoms with Crippen molar-refractivity contribution in [3.63, 3.8) is 0 Å². The van der Waals surface area contributed by atoms with Crippen molar-refractivity contribution in [1.82, 2.24) is 0 Å². The Hall–Kier alpha value is 0.124. The second kappa shape index (κ2) is 11.2. The Balaban J connectivity index is 0. The van der Waals surface area contributed by atoms with Gasteiger partial charge >= 0.3 is 0 Å². The molecule has 1 nitrogen and oxygen atoms in total. The summed E-state index contributed by atoms with van der Waals surface area (Å²) in [5.74, 6) is 0. The quantitative estimate of drug-likeness (QED) is 0.305. The molecule has 0 aliphatic heterocycles. The summed E-state index contributed by atoms with van der Waals surface area (Å²) in [7, 11) is 0. The zero-order valence-electron chi connectivity index (χ0n) is 2.14. The van der Waals surface area contributed by atoms with Gasteiger partial charge in [-0.05, 0) is 0 Å². The first-order valence-electron chi connectivity index (χ1n) is 0.644. The molecule has 0 rings (SSSR count). The first-order chi connectivity index (χ1) is 1.41. The smallest absolute Gasteiger partial charge is 0.248 e. The molecule has 0 aromatic rings. The van der Waals surface area contributed by atoms with Crippen LogP contribution in [0, 0.1) is 6.92 Å². The van der Waals surface area contributed by atoms with Crippen LogP contribution in [0.25, 0.3) is 0 Å². The van der Waals surface area contributed by atoms with E-state index < -0.39 is 0 Å². The van der Waals surface area contributed by atoms with Crippen molar-refractivity contribution in [3.05, 3.63) is 6.92 Å². The van der Waals surface area contributed by atoms with Gasteiger partial charge in [-0.15, -0.1) is 0 Å². The fourth-order valence-corrected chi connectivity index (χ4v) is 0. The first kappa shape index (κ1) is 8.92. The molecule has 0 fully saturated rings. The van der Waals surface area contributed by atoms with E-state index in [1.54, 1.807) is 0 Å². The summed E-state index contributed by atoms with van der Waals surface area (Å²) in [5.41, 5.74) is 0. The van der Waals surface area contributed by atoms with Gasteiger partial charge < -0.3 is 0 Å². The van der Waals surface area contributed by atoms with Gasteiger partial charge in [-0.2, -0.15) is 0 Å². The third-order valence-corrected chi connectivity index (χ3v) is 0. The van der Waals surface area contributed by atoms with Crippen LogP contribution in [-0.4, -0.2) is 6.29 Å². The van der Waals surface area contributed by atoms with E-state index in [-0.39, 0.29) is 18.6 Å². The van der Waals surface area contributed by atoms with Crippen molar-refractivity contribution in [3.8, 4) is 0 Å². The van der Waals surface area contributed by atoms with Crippen molar-refractivity contribution in [2.45, 2.75) is 0 Å². The second-order valence-corrected chi connectivity index (χ2v) is 0.167. The maximum atomic E-state index is 8.69. The van der Waals surface area contributed by atoms with Gasteiger partial charge in [-0.3, -0.25) is 0 Å². The number of hydrogen-bond donors (Lipinski definition) is 0. The van der Waals surface area contributed by atoms with Crippen LogP contribution in [0.15, 0.2) is 0 Å². The Morgan fingerprint density at radius 2 is 1.75 bits per heavy atom. The molecule has 0 aliphatic carbocycles. The average molecular weight is 94.0 g/mol. The molecule has 0 N–H and O–H groups in total. The summed E-state index contributed by atoms with van der Waals surface area (Å²) in [4.78, 5) is 8.69. The maximum absolute atomic E-state index is 8.69. The van der Waals surface area contributed by atoms with Gasteiger partial charge in [0.05, 0.1) is 0 Å². The van der Waals surface area contributed by atoms with E-state index >= 15 is 0 Å². The van der Waals surface area contributed by atoms with Gasteiger partial charge in [0.25, 0.3) is 6.29 Å². The van der Waals surface area contributed by atoms with Gasteiger partial charge in [0, 0.05) is 18.6 Å². The van der Waals surface area contributed by atoms with Gasteiger partial charge in [-0.1, -0.05) is 0 Å². The van der Waals surface area contributed by atoms with Crippen molar-refractivity contribution in [1.29, 1.82) is 0 Å². The van der Waals surface area contributed by atoms with Gasteiger partial charge in [0.15, 0.2) is 0 Å². The van der Waals surface area contributed by atoms with E-state index in [0.717, 1.165) is 0 Å². The largest absolute Gasteiger partial charge is 0.292 e. The third-order valence-electron chi connectivity index (χ3n) is 0. The fourth-order valence-electron chi connectivity index (χ4n) is 0. The van der Waals surface area contributed by atoms with Crippen LogP contribution in [0.1, 0.15) is 0 Å². The van der Waals surface area contributed by atoms with Crippen LogP contribution >= 0.6 is 0 Å². The summed E-state index contributed by atoms with van der Waals surface area (Å²) in [6, 6.07) is 0. The van der Waals surface area contributed by atoms with Crippen LogP contribution in [0.3, 0.4) is 0 Å². The summed E-state index contributed by atoms with van der Waals surface area (Å²) in [6.45, 7) is 2.81. The van der Waals surface area contributed by atoms with Gasteiger partial charge in [0.2, 0.25) is 0 Å². The first-order valence-corrected chi connectivity index (χ1v) is 0.644. The van der Waals surface area contributed by atoms with Crippen molar-refractivity contribution >= 4 is 6.29 Å². The van der Waals surface area contributed by atoms with E-state index in [1.807, 2.05) is 0 Å². The molecular formula is C2H3OV+. The standard InChI is InChI=1S/C2H3O.V/c1-2-3;/h2H,1H2;/q+1;. The fraction of sp³-hybridized carbons (Fsp3) is 0. The minimum atomic E-state index is 0. The van der Waals surface area contributed by atoms with Crippen LogP contribution in [-0.2, 0) is 23.4 Å². The van der Waals surface area contributed by atoms with Gasteiger partial charge in [0.1, 0.15) is 6.92 Å². The van der Waals surface area contributed by atoms with Crippen LogP contribution in [0.2, 0.25) is 0 Å². The zero-order chi connectivity index (χ0) is 2.71. The summed E-state index contributed by atoms with van der Waals surface area (Å²) in [6.07, 6.45) is 0.500. The van der Waals surface area contributed by atoms with E-state index in [9.17, 15) is 0 Å². The minimum Gasteiger partial charge on any atom is -0.248 e. The third kappa shape index (κ3) is 174. The molecule has 21 valence electrons. The van der Waals surface area contributed by atoms with Gasteiger partial charge in [-0.25, -0.2) is 4.79 Å². The molecule has 0 aromatic heterocycles. The molecule has 0 spiro atoms. The maximum Gasteiger partial charge on any atom is 0.292 e. The molecule has 4 heavy (non-hydrogen) atoms. The normalized spacial score (nSPS) is 3.00. The van der Waals surface area contributed by atoms with Crippen LogP contribution < -0.4 is 0 Å². The predicted molar refractivity (Wildman–Crippen MR) is 11.4 cm³/mol. The minimum absolute atomic E-state index is 0. The summed E-state index contributed by atoms with van der Waals surface area (Å²) in [5, 5.41) is 0. The molecule has 0 bridgehead atoms. The second-order valence-electron chi connectivity index (χ2n) is 0.167. The Kier molecular flexibility index (Phi) is 24.9. The molecular weight excluding hydrogens is 91.0 g/mol. The number of carbonyl (C=O) groups is 1.